The Morgan fingerprint density at radius 2 is 2.04 bits per heavy atom. The highest BCUT2D eigenvalue weighted by Crippen LogP contribution is 2.35. The van der Waals surface area contributed by atoms with Crippen LogP contribution in [-0.4, -0.2) is 61.7 Å². The fourth-order valence-corrected chi connectivity index (χ4v) is 4.18. The number of benzene rings is 1. The van der Waals surface area contributed by atoms with Gasteiger partial charge in [-0.1, -0.05) is 12.1 Å². The summed E-state index contributed by atoms with van der Waals surface area (Å²) in [6, 6.07) is 8.53. The molecule has 1 aromatic carbocycles. The van der Waals surface area contributed by atoms with Gasteiger partial charge < -0.3 is 14.4 Å². The predicted octanol–water partition coefficient (Wildman–Crippen LogP) is 1.37. The van der Waals surface area contributed by atoms with Gasteiger partial charge in [-0.2, -0.15) is 0 Å². The average molecular weight is 316 g/mol. The highest BCUT2D eigenvalue weighted by molar-refractivity contribution is 5.82. The Labute approximate surface area is 137 Å². The fourth-order valence-electron chi connectivity index (χ4n) is 4.18. The zero-order chi connectivity index (χ0) is 15.8. The van der Waals surface area contributed by atoms with Crippen LogP contribution in [0.15, 0.2) is 24.3 Å². The molecule has 5 nitrogen and oxygen atoms in total. The molecular formula is C18H24N2O3. The van der Waals surface area contributed by atoms with Crippen molar-refractivity contribution in [1.29, 1.82) is 0 Å². The van der Waals surface area contributed by atoms with Crippen molar-refractivity contribution >= 4 is 5.91 Å². The molecule has 0 saturated carbocycles. The van der Waals surface area contributed by atoms with E-state index in [1.807, 2.05) is 29.2 Å². The molecule has 23 heavy (non-hydrogen) atoms. The predicted molar refractivity (Wildman–Crippen MR) is 86.2 cm³/mol. The molecule has 3 aliphatic rings. The van der Waals surface area contributed by atoms with Crippen molar-refractivity contribution in [3.63, 3.8) is 0 Å². The summed E-state index contributed by atoms with van der Waals surface area (Å²) in [4.78, 5) is 17.2. The Morgan fingerprint density at radius 3 is 2.70 bits per heavy atom. The number of rotatable bonds is 4. The summed E-state index contributed by atoms with van der Waals surface area (Å²) in [6.45, 7) is 5.26. The number of fused-ring (bicyclic) bond motifs is 1. The van der Waals surface area contributed by atoms with Gasteiger partial charge in [0.2, 0.25) is 5.91 Å². The maximum absolute atomic E-state index is 12.7. The average Bonchev–Trinajstić information content (AvgIpc) is 3.27. The smallest absolute Gasteiger partial charge is 0.227 e. The minimum atomic E-state index is 0.189. The van der Waals surface area contributed by atoms with Gasteiger partial charge >= 0.3 is 0 Å². The molecule has 0 N–H and O–H groups in total. The summed E-state index contributed by atoms with van der Waals surface area (Å²) in [5, 5.41) is 0. The lowest BCUT2D eigenvalue weighted by molar-refractivity contribution is -0.131. The summed E-state index contributed by atoms with van der Waals surface area (Å²) < 4.78 is 10.7. The number of hydrogen-bond donors (Lipinski definition) is 0. The lowest BCUT2D eigenvalue weighted by Crippen LogP contribution is -2.38. The Bertz CT molecular complexity index is 568. The van der Waals surface area contributed by atoms with Crippen LogP contribution in [0, 0.1) is 11.8 Å². The molecule has 3 fully saturated rings. The Morgan fingerprint density at radius 1 is 1.22 bits per heavy atom. The van der Waals surface area contributed by atoms with E-state index in [1.54, 1.807) is 7.11 Å². The molecule has 4 rings (SSSR count). The molecule has 3 aliphatic heterocycles. The number of hydrogen-bond acceptors (Lipinski definition) is 4. The van der Waals surface area contributed by atoms with E-state index in [-0.39, 0.29) is 5.92 Å². The van der Waals surface area contributed by atoms with Gasteiger partial charge in [-0.15, -0.1) is 0 Å². The second kappa shape index (κ2) is 6.13. The summed E-state index contributed by atoms with van der Waals surface area (Å²) in [7, 11) is 1.67. The molecule has 3 atom stereocenters. The van der Waals surface area contributed by atoms with Crippen LogP contribution in [0.1, 0.15) is 12.0 Å². The molecule has 0 radical (unpaired) electrons. The molecule has 3 saturated heterocycles. The first kappa shape index (κ1) is 15.0. The maximum atomic E-state index is 12.7. The SMILES string of the molecule is COc1ccc(CN2C[C@@H]3CN([C@@H]4CCOC4)C[C@@H]3C2=O)cc1. The molecule has 1 amide bonds. The number of methoxy groups -OCH3 is 1. The van der Waals surface area contributed by atoms with Crippen LogP contribution in [0.3, 0.4) is 0 Å². The van der Waals surface area contributed by atoms with Crippen LogP contribution in [0.4, 0.5) is 0 Å². The number of likely N-dealkylation sites (tertiary alicyclic amines) is 2. The van der Waals surface area contributed by atoms with Crippen molar-refractivity contribution in [1.82, 2.24) is 9.80 Å². The third-order valence-corrected chi connectivity index (χ3v) is 5.51. The monoisotopic (exact) mass is 316 g/mol. The van der Waals surface area contributed by atoms with E-state index >= 15 is 0 Å². The summed E-state index contributed by atoms with van der Waals surface area (Å²) >= 11 is 0. The lowest BCUT2D eigenvalue weighted by Gasteiger charge is -2.25. The van der Waals surface area contributed by atoms with Crippen LogP contribution in [0.2, 0.25) is 0 Å². The first-order valence-corrected chi connectivity index (χ1v) is 8.48. The van der Waals surface area contributed by atoms with E-state index < -0.39 is 0 Å². The molecule has 124 valence electrons. The molecule has 0 aliphatic carbocycles. The second-order valence-corrected chi connectivity index (χ2v) is 6.90. The fraction of sp³-hybridized carbons (Fsp3) is 0.611. The van der Waals surface area contributed by atoms with Gasteiger partial charge in [0.25, 0.3) is 0 Å². The second-order valence-electron chi connectivity index (χ2n) is 6.90. The van der Waals surface area contributed by atoms with Crippen molar-refractivity contribution in [2.45, 2.75) is 19.0 Å². The van der Waals surface area contributed by atoms with Gasteiger partial charge in [-0.25, -0.2) is 0 Å². The molecule has 0 aromatic heterocycles. The van der Waals surface area contributed by atoms with Crippen molar-refractivity contribution < 1.29 is 14.3 Å². The zero-order valence-electron chi connectivity index (χ0n) is 13.6. The zero-order valence-corrected chi connectivity index (χ0v) is 13.6. The van der Waals surface area contributed by atoms with Crippen LogP contribution in [0.25, 0.3) is 0 Å². The van der Waals surface area contributed by atoms with E-state index in [4.69, 9.17) is 9.47 Å². The summed E-state index contributed by atoms with van der Waals surface area (Å²) in [5.41, 5.74) is 1.17. The van der Waals surface area contributed by atoms with Crippen molar-refractivity contribution in [3.8, 4) is 5.75 Å². The van der Waals surface area contributed by atoms with Crippen molar-refractivity contribution in [2.75, 3.05) is 40.0 Å². The van der Waals surface area contributed by atoms with Crippen molar-refractivity contribution in [3.05, 3.63) is 29.8 Å². The van der Waals surface area contributed by atoms with Crippen molar-refractivity contribution in [2.24, 2.45) is 11.8 Å². The quantitative estimate of drug-likeness (QED) is 0.841. The maximum Gasteiger partial charge on any atom is 0.227 e. The number of carbonyl (C=O) groups is 1. The standard InChI is InChI=1S/C18H24N2O3/c1-22-16-4-2-13(3-5-16)8-20-10-14-9-19(11-17(14)18(20)21)15-6-7-23-12-15/h2-5,14-15,17H,6-12H2,1H3/t14-,15+,17-/m0/s1. The Hall–Kier alpha value is -1.59. The minimum absolute atomic E-state index is 0.189. The van der Waals surface area contributed by atoms with Crippen LogP contribution in [-0.2, 0) is 16.1 Å². The van der Waals surface area contributed by atoms with E-state index in [0.717, 1.165) is 45.0 Å². The topological polar surface area (TPSA) is 42.0 Å². The van der Waals surface area contributed by atoms with Gasteiger partial charge in [0.1, 0.15) is 5.75 Å². The van der Waals surface area contributed by atoms with Gasteiger partial charge in [-0.3, -0.25) is 9.69 Å². The number of carbonyl (C=O) groups excluding carboxylic acids is 1. The summed E-state index contributed by atoms with van der Waals surface area (Å²) in [5.74, 6) is 1.86. The van der Waals surface area contributed by atoms with Gasteiger partial charge in [0.05, 0.1) is 19.6 Å². The van der Waals surface area contributed by atoms with E-state index in [2.05, 4.69) is 4.90 Å². The highest BCUT2D eigenvalue weighted by Gasteiger charge is 2.47. The van der Waals surface area contributed by atoms with Crippen LogP contribution in [0.5, 0.6) is 5.75 Å². The number of ether oxygens (including phenoxy) is 2. The molecule has 3 heterocycles. The molecule has 0 unspecified atom stereocenters. The first-order chi connectivity index (χ1) is 11.2. The molecule has 1 aromatic rings. The Balaban J connectivity index is 1.37. The van der Waals surface area contributed by atoms with Gasteiger partial charge in [0, 0.05) is 44.7 Å². The number of nitrogens with zero attached hydrogens (tertiary/aromatic N) is 2. The molecule has 0 spiro atoms. The van der Waals surface area contributed by atoms with E-state index in [0.29, 0.717) is 24.4 Å². The molecule has 5 heteroatoms. The highest BCUT2D eigenvalue weighted by atomic mass is 16.5. The largest absolute Gasteiger partial charge is 0.497 e. The number of amides is 1. The van der Waals surface area contributed by atoms with E-state index in [1.165, 1.54) is 5.56 Å². The molecular weight excluding hydrogens is 292 g/mol. The van der Waals surface area contributed by atoms with Crippen LogP contribution >= 0.6 is 0 Å². The minimum Gasteiger partial charge on any atom is -0.497 e. The van der Waals surface area contributed by atoms with Gasteiger partial charge in [0.15, 0.2) is 0 Å². The van der Waals surface area contributed by atoms with Gasteiger partial charge in [-0.05, 0) is 24.1 Å². The third-order valence-electron chi connectivity index (χ3n) is 5.51. The lowest BCUT2D eigenvalue weighted by atomic mass is 10.0. The first-order valence-electron chi connectivity index (χ1n) is 8.48. The molecule has 0 bridgehead atoms. The third kappa shape index (κ3) is 2.83. The van der Waals surface area contributed by atoms with E-state index in [9.17, 15) is 4.79 Å². The van der Waals surface area contributed by atoms with Crippen LogP contribution < -0.4 is 4.74 Å². The normalized spacial score (nSPS) is 30.9. The Kier molecular flexibility index (Phi) is 3.99. The summed E-state index contributed by atoms with van der Waals surface area (Å²) in [6.07, 6.45) is 1.11.